The van der Waals surface area contributed by atoms with Gasteiger partial charge >= 0.3 is 6.09 Å². The SMILES string of the molecule is C=CN([O])C(=O)OCC. The molecule has 0 fully saturated rings. The highest BCUT2D eigenvalue weighted by Crippen LogP contribution is 1.88. The first kappa shape index (κ1) is 7.97. The number of carbonyl (C=O) groups is 1. The molecular weight excluding hydrogens is 122 g/mol. The van der Waals surface area contributed by atoms with Crippen LogP contribution >= 0.6 is 0 Å². The molecule has 0 aromatic rings. The molecule has 0 unspecified atom stereocenters. The molecule has 0 spiro atoms. The molecule has 4 heteroatoms. The fourth-order valence-electron chi connectivity index (χ4n) is 0.262. The third-order valence-corrected chi connectivity index (χ3v) is 0.614. The first-order valence-corrected chi connectivity index (χ1v) is 2.48. The molecule has 0 aliphatic heterocycles. The lowest BCUT2D eigenvalue weighted by Crippen LogP contribution is -2.20. The van der Waals surface area contributed by atoms with E-state index in [9.17, 15) is 10.0 Å². The fraction of sp³-hybridized carbons (Fsp3) is 0.400. The predicted molar refractivity (Wildman–Crippen MR) is 29.7 cm³/mol. The van der Waals surface area contributed by atoms with Crippen LogP contribution in [0, 0.1) is 0 Å². The van der Waals surface area contributed by atoms with Gasteiger partial charge in [0.2, 0.25) is 0 Å². The summed E-state index contributed by atoms with van der Waals surface area (Å²) in [5.74, 6) is 0. The summed E-state index contributed by atoms with van der Waals surface area (Å²) in [6, 6.07) is 0. The van der Waals surface area contributed by atoms with Crippen molar-refractivity contribution in [3.05, 3.63) is 12.8 Å². The maximum absolute atomic E-state index is 10.3. The van der Waals surface area contributed by atoms with Gasteiger partial charge in [-0.05, 0) is 6.92 Å². The molecule has 0 atom stereocenters. The van der Waals surface area contributed by atoms with Gasteiger partial charge < -0.3 is 4.74 Å². The molecule has 9 heavy (non-hydrogen) atoms. The quantitative estimate of drug-likeness (QED) is 0.522. The minimum Gasteiger partial charge on any atom is -0.448 e. The Morgan fingerprint density at radius 3 is 2.78 bits per heavy atom. The monoisotopic (exact) mass is 130 g/mol. The van der Waals surface area contributed by atoms with Crippen LogP contribution in [0.3, 0.4) is 0 Å². The van der Waals surface area contributed by atoms with Gasteiger partial charge in [0.25, 0.3) is 0 Å². The number of ether oxygens (including phenoxy) is 1. The van der Waals surface area contributed by atoms with Gasteiger partial charge in [0.1, 0.15) is 0 Å². The van der Waals surface area contributed by atoms with Crippen LogP contribution < -0.4 is 0 Å². The van der Waals surface area contributed by atoms with Crippen LogP contribution in [-0.4, -0.2) is 17.8 Å². The third-order valence-electron chi connectivity index (χ3n) is 0.614. The number of hydrogen-bond donors (Lipinski definition) is 0. The van der Waals surface area contributed by atoms with Gasteiger partial charge in [-0.25, -0.2) is 4.79 Å². The van der Waals surface area contributed by atoms with E-state index in [0.29, 0.717) is 0 Å². The van der Waals surface area contributed by atoms with E-state index < -0.39 is 6.09 Å². The lowest BCUT2D eigenvalue weighted by Gasteiger charge is -2.04. The van der Waals surface area contributed by atoms with Crippen LogP contribution in [0.2, 0.25) is 0 Å². The van der Waals surface area contributed by atoms with Gasteiger partial charge in [0.05, 0.1) is 6.61 Å². The van der Waals surface area contributed by atoms with Crippen molar-refractivity contribution >= 4 is 6.09 Å². The minimum atomic E-state index is -0.924. The zero-order valence-electron chi connectivity index (χ0n) is 5.16. The highest BCUT2D eigenvalue weighted by molar-refractivity contribution is 5.66. The molecule has 0 aliphatic carbocycles. The normalized spacial score (nSPS) is 8.22. The van der Waals surface area contributed by atoms with Crippen molar-refractivity contribution in [3.8, 4) is 0 Å². The summed E-state index contributed by atoms with van der Waals surface area (Å²) in [5.41, 5.74) is 0. The minimum absolute atomic E-state index is 0.0312. The third kappa shape index (κ3) is 2.71. The molecule has 4 nitrogen and oxygen atoms in total. The van der Waals surface area contributed by atoms with E-state index in [4.69, 9.17) is 0 Å². The Bertz CT molecular complexity index is 113. The molecule has 0 aliphatic rings. The molecule has 0 saturated carbocycles. The number of nitrogens with zero attached hydrogens (tertiary/aromatic N) is 1. The number of hydrogen-bond acceptors (Lipinski definition) is 2. The molecule has 0 aromatic heterocycles. The summed E-state index contributed by atoms with van der Waals surface area (Å²) in [4.78, 5) is 10.3. The Kier molecular flexibility index (Phi) is 3.46. The highest BCUT2D eigenvalue weighted by atomic mass is 16.6. The second-order valence-electron chi connectivity index (χ2n) is 1.21. The molecular formula is C5H8NO3. The van der Waals surface area contributed by atoms with Gasteiger partial charge in [-0.3, -0.25) is 0 Å². The summed E-state index contributed by atoms with van der Waals surface area (Å²) in [7, 11) is 0. The highest BCUT2D eigenvalue weighted by Gasteiger charge is 2.07. The van der Waals surface area contributed by atoms with Crippen molar-refractivity contribution in [2.75, 3.05) is 6.61 Å². The van der Waals surface area contributed by atoms with Gasteiger partial charge in [-0.1, -0.05) is 11.8 Å². The average Bonchev–Trinajstić information content (AvgIpc) is 1.87. The maximum Gasteiger partial charge on any atom is 0.440 e. The van der Waals surface area contributed by atoms with E-state index >= 15 is 0 Å². The van der Waals surface area contributed by atoms with Crippen molar-refractivity contribution in [2.24, 2.45) is 0 Å². The molecule has 1 amide bonds. The lowest BCUT2D eigenvalue weighted by molar-refractivity contribution is -0.0928. The van der Waals surface area contributed by atoms with Crippen LogP contribution in [-0.2, 0) is 9.94 Å². The van der Waals surface area contributed by atoms with Crippen molar-refractivity contribution in [1.29, 1.82) is 0 Å². The van der Waals surface area contributed by atoms with Crippen LogP contribution in [0.15, 0.2) is 12.8 Å². The van der Waals surface area contributed by atoms with Crippen molar-refractivity contribution in [3.63, 3.8) is 0 Å². The molecule has 51 valence electrons. The van der Waals surface area contributed by atoms with E-state index in [1.54, 1.807) is 6.92 Å². The van der Waals surface area contributed by atoms with Crippen LogP contribution in [0.1, 0.15) is 6.92 Å². The Morgan fingerprint density at radius 2 is 2.44 bits per heavy atom. The summed E-state index contributed by atoms with van der Waals surface area (Å²) < 4.78 is 4.30. The largest absolute Gasteiger partial charge is 0.448 e. The van der Waals surface area contributed by atoms with E-state index in [1.165, 1.54) is 0 Å². The van der Waals surface area contributed by atoms with E-state index in [2.05, 4.69) is 11.3 Å². The summed E-state index contributed by atoms with van der Waals surface area (Å²) >= 11 is 0. The molecule has 0 aromatic carbocycles. The first-order valence-electron chi connectivity index (χ1n) is 2.48. The fourth-order valence-corrected chi connectivity index (χ4v) is 0.262. The number of hydroxylamine groups is 2. The van der Waals surface area contributed by atoms with Crippen LogP contribution in [0.4, 0.5) is 4.79 Å². The number of carbonyl (C=O) groups excluding carboxylic acids is 1. The Morgan fingerprint density at radius 1 is 1.89 bits per heavy atom. The zero-order chi connectivity index (χ0) is 7.28. The Hall–Kier alpha value is -1.03. The van der Waals surface area contributed by atoms with Crippen molar-refractivity contribution in [1.82, 2.24) is 5.06 Å². The van der Waals surface area contributed by atoms with Gasteiger partial charge in [-0.15, -0.1) is 5.06 Å². The average molecular weight is 130 g/mol. The van der Waals surface area contributed by atoms with E-state index in [-0.39, 0.29) is 11.7 Å². The Balaban J connectivity index is 3.58. The summed E-state index contributed by atoms with van der Waals surface area (Å²) in [6.45, 7) is 4.90. The lowest BCUT2D eigenvalue weighted by atomic mass is 10.8. The topological polar surface area (TPSA) is 49.4 Å². The molecule has 0 bridgehead atoms. The summed E-state index contributed by atoms with van der Waals surface area (Å²) in [6.07, 6.45) is -0.0784. The molecule has 0 heterocycles. The maximum atomic E-state index is 10.3. The van der Waals surface area contributed by atoms with Gasteiger partial charge in [0, 0.05) is 6.20 Å². The first-order chi connectivity index (χ1) is 4.22. The zero-order valence-corrected chi connectivity index (χ0v) is 5.16. The Labute approximate surface area is 53.3 Å². The second-order valence-corrected chi connectivity index (χ2v) is 1.21. The number of rotatable bonds is 2. The molecule has 0 saturated heterocycles. The molecule has 0 rings (SSSR count). The summed E-state index contributed by atoms with van der Waals surface area (Å²) in [5, 5.41) is 10.3. The molecule has 1 radical (unpaired) electrons. The van der Waals surface area contributed by atoms with Gasteiger partial charge in [-0.2, -0.15) is 0 Å². The van der Waals surface area contributed by atoms with Gasteiger partial charge in [0.15, 0.2) is 0 Å². The predicted octanol–water partition coefficient (Wildman–Crippen LogP) is 0.934. The smallest absolute Gasteiger partial charge is 0.440 e. The van der Waals surface area contributed by atoms with E-state index in [1.807, 2.05) is 0 Å². The van der Waals surface area contributed by atoms with E-state index in [0.717, 1.165) is 6.20 Å². The van der Waals surface area contributed by atoms with Crippen molar-refractivity contribution in [2.45, 2.75) is 6.92 Å². The number of amides is 1. The van der Waals surface area contributed by atoms with Crippen molar-refractivity contribution < 1.29 is 14.7 Å². The molecule has 0 N–H and O–H groups in total. The second kappa shape index (κ2) is 3.91. The van der Waals surface area contributed by atoms with Crippen LogP contribution in [0.5, 0.6) is 0 Å². The standard InChI is InChI=1S/C5H8NO3/c1-3-6(8)5(7)9-4-2/h3H,1,4H2,2H3. The van der Waals surface area contributed by atoms with Crippen LogP contribution in [0.25, 0.3) is 0 Å².